The van der Waals surface area contributed by atoms with Crippen molar-refractivity contribution in [1.82, 2.24) is 4.98 Å². The third-order valence-electron chi connectivity index (χ3n) is 1.02. The molecule has 0 N–H and O–H groups in total. The van der Waals surface area contributed by atoms with Crippen LogP contribution in [0, 0.1) is 0 Å². The molecular formula is C7H7NO2. The summed E-state index contributed by atoms with van der Waals surface area (Å²) in [5.74, 6) is -0.169. The van der Waals surface area contributed by atoms with Gasteiger partial charge in [0.25, 0.3) is 0 Å². The van der Waals surface area contributed by atoms with Crippen molar-refractivity contribution in [3.8, 4) is 5.88 Å². The lowest BCUT2D eigenvalue weighted by Crippen LogP contribution is -1.91. The highest BCUT2D eigenvalue weighted by atomic mass is 16.5. The predicted octanol–water partition coefficient (Wildman–Crippen LogP) is 0.903. The van der Waals surface area contributed by atoms with Crippen LogP contribution in [-0.4, -0.2) is 18.3 Å². The molecule has 1 heterocycles. The molecule has 0 fully saturated rings. The fourth-order valence-corrected chi connectivity index (χ4v) is 0.578. The van der Waals surface area contributed by atoms with Crippen LogP contribution in [0.3, 0.4) is 0 Å². The van der Waals surface area contributed by atoms with Gasteiger partial charge in [0.15, 0.2) is 6.29 Å². The van der Waals surface area contributed by atoms with E-state index in [0.717, 1.165) is 0 Å². The van der Waals surface area contributed by atoms with Crippen LogP contribution in [0.15, 0.2) is 18.3 Å². The van der Waals surface area contributed by atoms with Crippen LogP contribution < -0.4 is 4.74 Å². The van der Waals surface area contributed by atoms with Gasteiger partial charge in [0.05, 0.1) is 16.7 Å². The summed E-state index contributed by atoms with van der Waals surface area (Å²) < 4.78 is 24.9. The maximum Gasteiger partial charge on any atom is 0.223 e. The minimum atomic E-state index is -2.58. The van der Waals surface area contributed by atoms with Crippen LogP contribution in [0.5, 0.6) is 5.88 Å². The lowest BCUT2D eigenvalue weighted by molar-refractivity contribution is 0.112. The van der Waals surface area contributed by atoms with Gasteiger partial charge in [0.2, 0.25) is 5.88 Å². The SMILES string of the molecule is [2H]C([2H])([2H])Oc1ncccc1C=O. The van der Waals surface area contributed by atoms with E-state index in [-0.39, 0.29) is 11.4 Å². The minimum Gasteiger partial charge on any atom is -0.480 e. The molecule has 0 unspecified atom stereocenters. The summed E-state index contributed by atoms with van der Waals surface area (Å²) in [6.07, 6.45) is 1.85. The Hall–Kier alpha value is -1.38. The Balaban J connectivity index is 2.94. The number of hydrogen-bond acceptors (Lipinski definition) is 3. The number of methoxy groups -OCH3 is 1. The van der Waals surface area contributed by atoms with Gasteiger partial charge < -0.3 is 4.74 Å². The molecule has 10 heavy (non-hydrogen) atoms. The molecule has 0 bridgehead atoms. The van der Waals surface area contributed by atoms with Gasteiger partial charge in [-0.2, -0.15) is 0 Å². The van der Waals surface area contributed by atoms with Gasteiger partial charge >= 0.3 is 0 Å². The Labute approximate surface area is 62.9 Å². The first-order valence-electron chi connectivity index (χ1n) is 4.12. The first-order chi connectivity index (χ1) is 6.03. The smallest absolute Gasteiger partial charge is 0.223 e. The van der Waals surface area contributed by atoms with Crippen LogP contribution in [0.25, 0.3) is 0 Å². The Bertz CT molecular complexity index is 311. The van der Waals surface area contributed by atoms with E-state index < -0.39 is 7.04 Å². The molecule has 0 aliphatic carbocycles. The Morgan fingerprint density at radius 2 is 2.80 bits per heavy atom. The number of pyridine rings is 1. The van der Waals surface area contributed by atoms with Crippen molar-refractivity contribution in [3.05, 3.63) is 23.9 Å². The van der Waals surface area contributed by atoms with E-state index in [0.29, 0.717) is 6.29 Å². The summed E-state index contributed by atoms with van der Waals surface area (Å²) in [6.45, 7) is 0. The van der Waals surface area contributed by atoms with E-state index in [1.54, 1.807) is 0 Å². The molecule has 52 valence electrons. The fraction of sp³-hybridized carbons (Fsp3) is 0.143. The maximum absolute atomic E-state index is 10.4. The summed E-state index contributed by atoms with van der Waals surface area (Å²) >= 11 is 0. The van der Waals surface area contributed by atoms with Crippen molar-refractivity contribution in [2.24, 2.45) is 0 Å². The summed E-state index contributed by atoms with van der Waals surface area (Å²) in [5, 5.41) is 0. The van der Waals surface area contributed by atoms with Gasteiger partial charge in [-0.25, -0.2) is 4.98 Å². The van der Waals surface area contributed by atoms with Crippen molar-refractivity contribution in [2.45, 2.75) is 0 Å². The molecule has 0 radical (unpaired) electrons. The van der Waals surface area contributed by atoms with Crippen molar-refractivity contribution in [3.63, 3.8) is 0 Å². The van der Waals surface area contributed by atoms with Crippen LogP contribution in [0.2, 0.25) is 0 Å². The average Bonchev–Trinajstić information content (AvgIpc) is 2.02. The summed E-state index contributed by atoms with van der Waals surface area (Å²) in [7, 11) is -2.58. The topological polar surface area (TPSA) is 39.2 Å². The summed E-state index contributed by atoms with van der Waals surface area (Å²) in [4.78, 5) is 14.0. The Kier molecular flexibility index (Phi) is 1.10. The highest BCUT2D eigenvalue weighted by Gasteiger charge is 1.98. The zero-order chi connectivity index (χ0) is 9.90. The number of rotatable bonds is 2. The molecule has 0 atom stereocenters. The molecule has 0 spiro atoms. The number of carbonyl (C=O) groups is 1. The van der Waals surface area contributed by atoms with Crippen LogP contribution in [0.1, 0.15) is 14.5 Å². The normalized spacial score (nSPS) is 14.6. The third kappa shape index (κ3) is 1.13. The van der Waals surface area contributed by atoms with Gasteiger partial charge in [-0.15, -0.1) is 0 Å². The summed E-state index contributed by atoms with van der Waals surface area (Å²) in [6, 6.07) is 2.96. The number of ether oxygens (including phenoxy) is 1. The van der Waals surface area contributed by atoms with Gasteiger partial charge in [-0.05, 0) is 12.1 Å². The van der Waals surface area contributed by atoms with E-state index in [1.807, 2.05) is 0 Å². The third-order valence-corrected chi connectivity index (χ3v) is 1.02. The zero-order valence-electron chi connectivity index (χ0n) is 8.07. The molecule has 3 nitrogen and oxygen atoms in total. The predicted molar refractivity (Wildman–Crippen MR) is 36.2 cm³/mol. The van der Waals surface area contributed by atoms with Crippen molar-refractivity contribution >= 4 is 6.29 Å². The fourth-order valence-electron chi connectivity index (χ4n) is 0.578. The van der Waals surface area contributed by atoms with Crippen molar-refractivity contribution in [2.75, 3.05) is 7.04 Å². The van der Waals surface area contributed by atoms with Gasteiger partial charge in [0.1, 0.15) is 0 Å². The van der Waals surface area contributed by atoms with Gasteiger partial charge in [-0.3, -0.25) is 4.79 Å². The quantitative estimate of drug-likeness (QED) is 0.573. The molecule has 1 rings (SSSR count). The number of nitrogens with zero attached hydrogens (tertiary/aromatic N) is 1. The number of carbonyl (C=O) groups excluding carboxylic acids is 1. The van der Waals surface area contributed by atoms with Crippen LogP contribution in [0.4, 0.5) is 0 Å². The molecule has 1 aromatic heterocycles. The lowest BCUT2D eigenvalue weighted by Gasteiger charge is -1.98. The minimum absolute atomic E-state index is 0.124. The van der Waals surface area contributed by atoms with E-state index >= 15 is 0 Å². The van der Waals surface area contributed by atoms with Crippen LogP contribution in [-0.2, 0) is 0 Å². The number of aromatic nitrogens is 1. The van der Waals surface area contributed by atoms with Gasteiger partial charge in [0, 0.05) is 6.20 Å². The monoisotopic (exact) mass is 140 g/mol. The molecule has 0 saturated heterocycles. The molecule has 0 saturated carbocycles. The van der Waals surface area contributed by atoms with E-state index in [9.17, 15) is 4.79 Å². The van der Waals surface area contributed by atoms with E-state index in [4.69, 9.17) is 4.11 Å². The molecular weight excluding hydrogens is 130 g/mol. The first kappa shape index (κ1) is 3.71. The second kappa shape index (κ2) is 2.96. The molecule has 0 aliphatic heterocycles. The summed E-state index contributed by atoms with van der Waals surface area (Å²) in [5.41, 5.74) is 0.124. The van der Waals surface area contributed by atoms with Crippen molar-refractivity contribution < 1.29 is 13.6 Å². The Morgan fingerprint density at radius 3 is 3.50 bits per heavy atom. The standard InChI is InChI=1S/C7H7NO2/c1-10-7-6(5-9)3-2-4-8-7/h2-5H,1H3/i1D3. The second-order valence-corrected chi connectivity index (χ2v) is 1.62. The average molecular weight is 140 g/mol. The van der Waals surface area contributed by atoms with Crippen molar-refractivity contribution in [1.29, 1.82) is 0 Å². The van der Waals surface area contributed by atoms with Gasteiger partial charge in [-0.1, -0.05) is 0 Å². The zero-order valence-corrected chi connectivity index (χ0v) is 5.07. The molecule has 0 amide bonds. The lowest BCUT2D eigenvalue weighted by atomic mass is 10.3. The second-order valence-electron chi connectivity index (χ2n) is 1.62. The largest absolute Gasteiger partial charge is 0.480 e. The van der Waals surface area contributed by atoms with E-state index in [2.05, 4.69) is 9.72 Å². The van der Waals surface area contributed by atoms with Crippen LogP contribution >= 0.6 is 0 Å². The highest BCUT2D eigenvalue weighted by molar-refractivity contribution is 5.77. The maximum atomic E-state index is 10.4. The Morgan fingerprint density at radius 1 is 1.90 bits per heavy atom. The highest BCUT2D eigenvalue weighted by Crippen LogP contribution is 2.09. The molecule has 3 heteroatoms. The number of hydrogen-bond donors (Lipinski definition) is 0. The first-order valence-corrected chi connectivity index (χ1v) is 2.62. The molecule has 0 aromatic carbocycles. The molecule has 1 aromatic rings. The molecule has 0 aliphatic rings. The number of aldehydes is 1. The van der Waals surface area contributed by atoms with E-state index in [1.165, 1.54) is 18.3 Å².